The highest BCUT2D eigenvalue weighted by Crippen LogP contribution is 2.24. The number of nitrogens with zero attached hydrogens (tertiary/aromatic N) is 4. The summed E-state index contributed by atoms with van der Waals surface area (Å²) in [6.07, 6.45) is 1.60. The van der Waals surface area contributed by atoms with Crippen LogP contribution < -0.4 is 10.6 Å². The van der Waals surface area contributed by atoms with Gasteiger partial charge in [0.05, 0.1) is 11.5 Å². The molecule has 0 aliphatic rings. The first kappa shape index (κ1) is 12.8. The fraction of sp³-hybridized carbons (Fsp3) is 0.273. The average molecular weight is 262 g/mol. The zero-order valence-corrected chi connectivity index (χ0v) is 10.6. The number of nitro benzene ring substituents is 1. The average Bonchev–Trinajstić information content (AvgIpc) is 2.81. The molecule has 0 aliphatic carbocycles. The van der Waals surface area contributed by atoms with Crippen molar-refractivity contribution in [2.45, 2.75) is 6.54 Å². The van der Waals surface area contributed by atoms with Gasteiger partial charge in [0.2, 0.25) is 0 Å². The predicted octanol–water partition coefficient (Wildman–Crippen LogP) is 1.38. The van der Waals surface area contributed by atoms with E-state index in [1.807, 2.05) is 7.05 Å². The predicted molar refractivity (Wildman–Crippen MR) is 71.0 cm³/mol. The molecule has 0 amide bonds. The van der Waals surface area contributed by atoms with Crippen LogP contribution in [0.2, 0.25) is 0 Å². The number of anilines is 2. The summed E-state index contributed by atoms with van der Waals surface area (Å²) in [5.41, 5.74) is 1.36. The fourth-order valence-electron chi connectivity index (χ4n) is 1.61. The maximum absolute atomic E-state index is 10.8. The Morgan fingerprint density at radius 3 is 2.68 bits per heavy atom. The van der Waals surface area contributed by atoms with Gasteiger partial charge in [-0.2, -0.15) is 0 Å². The highest BCUT2D eigenvalue weighted by molar-refractivity contribution is 5.63. The molecule has 19 heavy (non-hydrogen) atoms. The smallest absolute Gasteiger partial charge is 0.273 e. The van der Waals surface area contributed by atoms with Crippen LogP contribution in [0.15, 0.2) is 24.5 Å². The number of rotatable bonds is 5. The van der Waals surface area contributed by atoms with Gasteiger partial charge in [0, 0.05) is 37.6 Å². The topological polar surface area (TPSA) is 97.9 Å². The van der Waals surface area contributed by atoms with Crippen LogP contribution in [0, 0.1) is 10.1 Å². The van der Waals surface area contributed by atoms with E-state index in [1.165, 1.54) is 12.1 Å². The van der Waals surface area contributed by atoms with E-state index in [9.17, 15) is 10.1 Å². The van der Waals surface area contributed by atoms with Gasteiger partial charge >= 0.3 is 0 Å². The van der Waals surface area contributed by atoms with Crippen molar-refractivity contribution >= 4 is 17.1 Å². The first-order valence-corrected chi connectivity index (χ1v) is 5.64. The molecule has 100 valence electrons. The number of non-ortho nitro benzene ring substituents is 1. The summed E-state index contributed by atoms with van der Waals surface area (Å²) in [6.45, 7) is 0.445. The molecule has 0 radical (unpaired) electrons. The van der Waals surface area contributed by atoms with Crippen LogP contribution in [-0.2, 0) is 13.6 Å². The second kappa shape index (κ2) is 5.34. The summed E-state index contributed by atoms with van der Waals surface area (Å²) in [5.74, 6) is 0.748. The Balaban J connectivity index is 2.17. The largest absolute Gasteiger partial charge is 0.388 e. The van der Waals surface area contributed by atoms with E-state index in [4.69, 9.17) is 0 Å². The highest BCUT2D eigenvalue weighted by Gasteiger charge is 2.09. The van der Waals surface area contributed by atoms with Crippen LogP contribution in [0.4, 0.5) is 17.1 Å². The Hall–Kier alpha value is -2.64. The molecular weight excluding hydrogens is 248 g/mol. The maximum Gasteiger partial charge on any atom is 0.273 e. The summed E-state index contributed by atoms with van der Waals surface area (Å²) in [5, 5.41) is 24.5. The molecule has 0 atom stereocenters. The van der Waals surface area contributed by atoms with Crippen LogP contribution in [-0.4, -0.2) is 26.7 Å². The minimum atomic E-state index is -0.422. The third kappa shape index (κ3) is 2.97. The minimum Gasteiger partial charge on any atom is -0.388 e. The second-order valence-corrected chi connectivity index (χ2v) is 3.99. The van der Waals surface area contributed by atoms with Crippen LogP contribution in [0.5, 0.6) is 0 Å². The zero-order chi connectivity index (χ0) is 13.8. The van der Waals surface area contributed by atoms with Crippen molar-refractivity contribution in [3.8, 4) is 0 Å². The molecule has 2 rings (SSSR count). The molecule has 0 spiro atoms. The number of nitro groups is 1. The van der Waals surface area contributed by atoms with E-state index in [1.54, 1.807) is 24.0 Å². The third-order valence-electron chi connectivity index (χ3n) is 2.67. The molecule has 1 aromatic carbocycles. The molecule has 2 N–H and O–H groups in total. The summed E-state index contributed by atoms with van der Waals surface area (Å²) in [6, 6.07) is 4.76. The Kier molecular flexibility index (Phi) is 3.60. The molecule has 0 unspecified atom stereocenters. The van der Waals surface area contributed by atoms with E-state index in [0.717, 1.165) is 5.82 Å². The van der Waals surface area contributed by atoms with Crippen molar-refractivity contribution in [2.75, 3.05) is 17.7 Å². The van der Waals surface area contributed by atoms with Crippen LogP contribution in [0.3, 0.4) is 0 Å². The lowest BCUT2D eigenvalue weighted by Crippen LogP contribution is -2.06. The van der Waals surface area contributed by atoms with Gasteiger partial charge in [-0.05, 0) is 6.07 Å². The monoisotopic (exact) mass is 262 g/mol. The first-order valence-electron chi connectivity index (χ1n) is 5.64. The number of aromatic nitrogens is 3. The molecule has 1 aromatic heterocycles. The van der Waals surface area contributed by atoms with E-state index in [-0.39, 0.29) is 5.69 Å². The van der Waals surface area contributed by atoms with Crippen molar-refractivity contribution in [2.24, 2.45) is 7.05 Å². The van der Waals surface area contributed by atoms with Gasteiger partial charge in [0.15, 0.2) is 5.82 Å². The molecule has 0 saturated carbocycles. The number of benzene rings is 1. The molecule has 1 heterocycles. The van der Waals surface area contributed by atoms with Crippen LogP contribution in [0.25, 0.3) is 0 Å². The van der Waals surface area contributed by atoms with Crippen molar-refractivity contribution < 1.29 is 4.92 Å². The second-order valence-electron chi connectivity index (χ2n) is 3.99. The zero-order valence-electron chi connectivity index (χ0n) is 10.6. The number of nitrogens with one attached hydrogen (secondary N) is 2. The van der Waals surface area contributed by atoms with E-state index >= 15 is 0 Å². The van der Waals surface area contributed by atoms with E-state index < -0.39 is 4.92 Å². The van der Waals surface area contributed by atoms with E-state index in [0.29, 0.717) is 17.9 Å². The molecule has 2 aromatic rings. The normalized spacial score (nSPS) is 10.2. The van der Waals surface area contributed by atoms with E-state index in [2.05, 4.69) is 20.8 Å². The van der Waals surface area contributed by atoms with Gasteiger partial charge in [-0.15, -0.1) is 10.2 Å². The summed E-state index contributed by atoms with van der Waals surface area (Å²) in [7, 11) is 3.55. The van der Waals surface area contributed by atoms with Gasteiger partial charge in [0.1, 0.15) is 6.33 Å². The molecule has 0 saturated heterocycles. The van der Waals surface area contributed by atoms with Gasteiger partial charge in [0.25, 0.3) is 5.69 Å². The highest BCUT2D eigenvalue weighted by atomic mass is 16.6. The fourth-order valence-corrected chi connectivity index (χ4v) is 1.61. The molecule has 0 bridgehead atoms. The van der Waals surface area contributed by atoms with Crippen molar-refractivity contribution in [3.63, 3.8) is 0 Å². The SMILES string of the molecule is CNc1cc(NCc2nncn2C)cc([N+](=O)[O-])c1. The standard InChI is InChI=1S/C11H14N6O2/c1-12-8-3-9(5-10(4-8)17(18)19)13-6-11-15-14-7-16(11)2/h3-5,7,12-13H,6H2,1-2H3. The molecule has 8 nitrogen and oxygen atoms in total. The maximum atomic E-state index is 10.8. The van der Waals surface area contributed by atoms with Crippen molar-refractivity contribution in [1.29, 1.82) is 0 Å². The summed E-state index contributed by atoms with van der Waals surface area (Å²) >= 11 is 0. The first-order chi connectivity index (χ1) is 9.10. The summed E-state index contributed by atoms with van der Waals surface area (Å²) < 4.78 is 1.78. The Labute approximate surface area is 109 Å². The summed E-state index contributed by atoms with van der Waals surface area (Å²) in [4.78, 5) is 10.4. The minimum absolute atomic E-state index is 0.0346. The number of hydrogen-bond acceptors (Lipinski definition) is 6. The van der Waals surface area contributed by atoms with Gasteiger partial charge in [-0.25, -0.2) is 0 Å². The third-order valence-corrected chi connectivity index (χ3v) is 2.67. The molecular formula is C11H14N6O2. The number of aryl methyl sites for hydroxylation is 1. The number of hydrogen-bond donors (Lipinski definition) is 2. The van der Waals surface area contributed by atoms with Crippen LogP contribution in [0.1, 0.15) is 5.82 Å². The Morgan fingerprint density at radius 1 is 1.37 bits per heavy atom. The van der Waals surface area contributed by atoms with Crippen molar-refractivity contribution in [3.05, 3.63) is 40.5 Å². The molecule has 8 heteroatoms. The lowest BCUT2D eigenvalue weighted by molar-refractivity contribution is -0.384. The lowest BCUT2D eigenvalue weighted by atomic mass is 10.2. The van der Waals surface area contributed by atoms with Gasteiger partial charge in [-0.3, -0.25) is 10.1 Å². The van der Waals surface area contributed by atoms with Gasteiger partial charge in [-0.1, -0.05) is 0 Å². The molecule has 0 aliphatic heterocycles. The molecule has 0 fully saturated rings. The lowest BCUT2D eigenvalue weighted by Gasteiger charge is -2.08. The van der Waals surface area contributed by atoms with Crippen molar-refractivity contribution in [1.82, 2.24) is 14.8 Å². The Bertz CT molecular complexity index is 595. The quantitative estimate of drug-likeness (QED) is 0.624. The van der Waals surface area contributed by atoms with Crippen LogP contribution >= 0.6 is 0 Å². The Morgan fingerprint density at radius 2 is 2.11 bits per heavy atom. The van der Waals surface area contributed by atoms with Gasteiger partial charge < -0.3 is 15.2 Å².